The van der Waals surface area contributed by atoms with Gasteiger partial charge in [0.2, 0.25) is 15.8 Å². The number of alkyl halides is 3. The number of benzene rings is 1. The maximum Gasteiger partial charge on any atom is 0.453 e. The first kappa shape index (κ1) is 19.4. The second-order valence-corrected chi connectivity index (χ2v) is 7.88. The molecule has 2 heterocycles. The van der Waals surface area contributed by atoms with Crippen molar-refractivity contribution in [2.45, 2.75) is 18.0 Å². The molecule has 0 amide bonds. The lowest BCUT2D eigenvalue weighted by atomic mass is 10.0. The Labute approximate surface area is 152 Å². The largest absolute Gasteiger partial charge is 0.453 e. The molecule has 0 spiro atoms. The molecule has 0 aliphatic carbocycles. The Kier molecular flexibility index (Phi) is 4.56. The number of hydrogen-bond acceptors (Lipinski definition) is 6. The van der Waals surface area contributed by atoms with Gasteiger partial charge in [0.15, 0.2) is 0 Å². The molecule has 3 rings (SSSR count). The molecule has 0 bridgehead atoms. The zero-order valence-corrected chi connectivity index (χ0v) is 14.8. The Hall–Kier alpha value is -2.38. The molecule has 144 valence electrons. The quantitative estimate of drug-likeness (QED) is 0.645. The lowest BCUT2D eigenvalue weighted by molar-refractivity contribution is -0.154. The zero-order valence-electron chi connectivity index (χ0n) is 13.1. The number of sulfonamides is 1. The highest BCUT2D eigenvalue weighted by atomic mass is 32.2. The van der Waals surface area contributed by atoms with Crippen molar-refractivity contribution in [1.82, 2.24) is 10.1 Å². The van der Waals surface area contributed by atoms with Crippen molar-refractivity contribution in [2.75, 3.05) is 0 Å². The lowest BCUT2D eigenvalue weighted by Gasteiger charge is -2.09. The Morgan fingerprint density at radius 1 is 1.19 bits per heavy atom. The highest BCUT2D eigenvalue weighted by molar-refractivity contribution is 7.89. The molecule has 0 saturated carbocycles. The van der Waals surface area contributed by atoms with Crippen LogP contribution in [0.4, 0.5) is 22.0 Å². The molecule has 3 aromatic rings. The van der Waals surface area contributed by atoms with Crippen molar-refractivity contribution < 1.29 is 34.9 Å². The fourth-order valence-corrected chi connectivity index (χ4v) is 3.51. The van der Waals surface area contributed by atoms with E-state index in [9.17, 15) is 30.4 Å². The van der Waals surface area contributed by atoms with Crippen LogP contribution in [0, 0.1) is 18.6 Å². The van der Waals surface area contributed by atoms with Gasteiger partial charge in [0, 0.05) is 10.9 Å². The SMILES string of the molecule is Cc1nc(-c2noc(C(F)(F)F)c2-c2cc(F)c(S(N)(=O)=O)cc2F)cs1. The minimum absolute atomic E-state index is 0.0397. The van der Waals surface area contributed by atoms with Gasteiger partial charge in [-0.15, -0.1) is 11.3 Å². The number of nitrogens with two attached hydrogens (primary N) is 1. The lowest BCUT2D eigenvalue weighted by Crippen LogP contribution is -2.15. The maximum absolute atomic E-state index is 14.5. The average molecular weight is 425 g/mol. The molecular formula is C14H8F5N3O3S2. The van der Waals surface area contributed by atoms with Crippen molar-refractivity contribution >= 4 is 21.4 Å². The van der Waals surface area contributed by atoms with Gasteiger partial charge in [-0.3, -0.25) is 0 Å². The highest BCUT2D eigenvalue weighted by Gasteiger charge is 2.42. The molecule has 0 radical (unpaired) electrons. The van der Waals surface area contributed by atoms with Gasteiger partial charge in [0.25, 0.3) is 0 Å². The summed E-state index contributed by atoms with van der Waals surface area (Å²) in [5.74, 6) is -4.66. The third-order valence-corrected chi connectivity index (χ3v) is 5.11. The summed E-state index contributed by atoms with van der Waals surface area (Å²) in [6, 6.07) is 0.489. The summed E-state index contributed by atoms with van der Waals surface area (Å²) in [4.78, 5) is 2.77. The molecule has 27 heavy (non-hydrogen) atoms. The number of primary sulfonamides is 1. The zero-order chi connectivity index (χ0) is 20.1. The van der Waals surface area contributed by atoms with E-state index in [4.69, 9.17) is 5.14 Å². The van der Waals surface area contributed by atoms with Crippen LogP contribution >= 0.6 is 11.3 Å². The van der Waals surface area contributed by atoms with Gasteiger partial charge < -0.3 is 4.52 Å². The number of thiazole rings is 1. The van der Waals surface area contributed by atoms with Gasteiger partial charge in [-0.05, 0) is 19.1 Å². The van der Waals surface area contributed by atoms with E-state index in [2.05, 4.69) is 14.7 Å². The molecule has 0 atom stereocenters. The van der Waals surface area contributed by atoms with Gasteiger partial charge >= 0.3 is 6.18 Å². The first-order chi connectivity index (χ1) is 12.4. The molecule has 0 fully saturated rings. The minimum atomic E-state index is -5.08. The van der Waals surface area contributed by atoms with E-state index in [1.54, 1.807) is 6.92 Å². The van der Waals surface area contributed by atoms with E-state index in [0.717, 1.165) is 11.3 Å². The Balaban J connectivity index is 2.34. The Bertz CT molecular complexity index is 1140. The summed E-state index contributed by atoms with van der Waals surface area (Å²) in [7, 11) is -4.63. The first-order valence-corrected chi connectivity index (χ1v) is 9.33. The molecule has 0 unspecified atom stereocenters. The predicted octanol–water partition coefficient (Wildman–Crippen LogP) is 3.72. The van der Waals surface area contributed by atoms with Gasteiger partial charge in [-0.25, -0.2) is 27.3 Å². The third kappa shape index (κ3) is 3.57. The molecule has 0 aliphatic heterocycles. The second kappa shape index (κ2) is 6.35. The van der Waals surface area contributed by atoms with Crippen LogP contribution in [0.1, 0.15) is 10.8 Å². The first-order valence-electron chi connectivity index (χ1n) is 6.91. The van der Waals surface area contributed by atoms with Crippen LogP contribution in [0.25, 0.3) is 22.5 Å². The van der Waals surface area contributed by atoms with Crippen LogP contribution in [0.5, 0.6) is 0 Å². The summed E-state index contributed by atoms with van der Waals surface area (Å²) >= 11 is 1.10. The minimum Gasteiger partial charge on any atom is -0.350 e. The fourth-order valence-electron chi connectivity index (χ4n) is 2.32. The molecule has 13 heteroatoms. The van der Waals surface area contributed by atoms with Crippen LogP contribution in [0.2, 0.25) is 0 Å². The molecule has 6 nitrogen and oxygen atoms in total. The van der Waals surface area contributed by atoms with Crippen LogP contribution in [-0.2, 0) is 16.2 Å². The van der Waals surface area contributed by atoms with E-state index in [-0.39, 0.29) is 11.8 Å². The standard InChI is InChI=1S/C14H8F5N3O3S2/c1-5-21-9(4-26-5)12-11(13(25-22-12)14(17,18)19)6-2-8(16)10(3-7(6)15)27(20,23)24/h2-4H,1H3,(H2,20,23,24). The smallest absolute Gasteiger partial charge is 0.350 e. The van der Waals surface area contributed by atoms with Crippen LogP contribution in [0.3, 0.4) is 0 Å². The van der Waals surface area contributed by atoms with Crippen LogP contribution < -0.4 is 5.14 Å². The van der Waals surface area contributed by atoms with Gasteiger partial charge in [-0.1, -0.05) is 5.16 Å². The van der Waals surface area contributed by atoms with E-state index in [1.807, 2.05) is 0 Å². The number of aryl methyl sites for hydroxylation is 1. The van der Waals surface area contributed by atoms with Gasteiger partial charge in [0.05, 0.1) is 10.6 Å². The van der Waals surface area contributed by atoms with E-state index in [0.29, 0.717) is 11.1 Å². The molecule has 0 saturated heterocycles. The van der Waals surface area contributed by atoms with E-state index >= 15 is 0 Å². The van der Waals surface area contributed by atoms with Crippen molar-refractivity contribution in [1.29, 1.82) is 0 Å². The maximum atomic E-state index is 14.5. The monoisotopic (exact) mass is 425 g/mol. The van der Waals surface area contributed by atoms with Crippen molar-refractivity contribution in [2.24, 2.45) is 5.14 Å². The Morgan fingerprint density at radius 2 is 1.85 bits per heavy atom. The number of halogens is 5. The summed E-state index contributed by atoms with van der Waals surface area (Å²) in [6.07, 6.45) is -5.08. The van der Waals surface area contributed by atoms with Gasteiger partial charge in [-0.2, -0.15) is 13.2 Å². The van der Waals surface area contributed by atoms with Gasteiger partial charge in [0.1, 0.15) is 27.9 Å². The Morgan fingerprint density at radius 3 is 2.37 bits per heavy atom. The topological polar surface area (TPSA) is 99.1 Å². The summed E-state index contributed by atoms with van der Waals surface area (Å²) in [5.41, 5.74) is -2.30. The summed E-state index contributed by atoms with van der Waals surface area (Å²) in [5, 5.41) is 9.92. The average Bonchev–Trinajstić information content (AvgIpc) is 3.13. The second-order valence-electron chi connectivity index (χ2n) is 5.29. The molecule has 2 aromatic heterocycles. The summed E-state index contributed by atoms with van der Waals surface area (Å²) < 4.78 is 95.3. The van der Waals surface area contributed by atoms with Crippen LogP contribution in [0.15, 0.2) is 26.9 Å². The van der Waals surface area contributed by atoms with Crippen molar-refractivity contribution in [3.63, 3.8) is 0 Å². The molecule has 2 N–H and O–H groups in total. The van der Waals surface area contributed by atoms with Crippen molar-refractivity contribution in [3.05, 3.63) is 39.9 Å². The predicted molar refractivity (Wildman–Crippen MR) is 84.1 cm³/mol. The van der Waals surface area contributed by atoms with E-state index < -0.39 is 55.3 Å². The fraction of sp³-hybridized carbons (Fsp3) is 0.143. The normalized spacial score (nSPS) is 12.6. The highest BCUT2D eigenvalue weighted by Crippen LogP contribution is 2.44. The number of hydrogen-bond donors (Lipinski definition) is 1. The molecular weight excluding hydrogens is 417 g/mol. The van der Waals surface area contributed by atoms with E-state index in [1.165, 1.54) is 5.38 Å². The number of aromatic nitrogens is 2. The third-order valence-electron chi connectivity index (χ3n) is 3.41. The van der Waals surface area contributed by atoms with Crippen LogP contribution in [-0.4, -0.2) is 18.6 Å². The number of nitrogens with zero attached hydrogens (tertiary/aromatic N) is 2. The summed E-state index contributed by atoms with van der Waals surface area (Å²) in [6.45, 7) is 1.58. The number of rotatable bonds is 3. The molecule has 1 aromatic carbocycles. The molecule has 0 aliphatic rings. The van der Waals surface area contributed by atoms with Crippen molar-refractivity contribution in [3.8, 4) is 22.5 Å².